The number of hydrogen-bond acceptors (Lipinski definition) is 3. The van der Waals surface area contributed by atoms with Gasteiger partial charge < -0.3 is 9.88 Å². The van der Waals surface area contributed by atoms with Gasteiger partial charge in [-0.1, -0.05) is 44.2 Å². The monoisotopic (exact) mass is 404 g/mol. The zero-order valence-corrected chi connectivity index (χ0v) is 18.2. The highest BCUT2D eigenvalue weighted by molar-refractivity contribution is 5.63. The Hall–Kier alpha value is -2.82. The van der Waals surface area contributed by atoms with Gasteiger partial charge in [-0.05, 0) is 55.2 Å². The zero-order chi connectivity index (χ0) is 21.1. The molecule has 1 saturated carbocycles. The summed E-state index contributed by atoms with van der Waals surface area (Å²) < 4.78 is 3.64. The molecule has 158 valence electrons. The molecule has 0 bridgehead atoms. The average Bonchev–Trinajstić information content (AvgIpc) is 3.18. The van der Waals surface area contributed by atoms with E-state index in [0.717, 1.165) is 36.9 Å². The van der Waals surface area contributed by atoms with E-state index in [-0.39, 0.29) is 5.56 Å². The maximum atomic E-state index is 13.1. The van der Waals surface area contributed by atoms with Crippen molar-refractivity contribution < 1.29 is 0 Å². The lowest BCUT2D eigenvalue weighted by molar-refractivity contribution is 0.411. The van der Waals surface area contributed by atoms with E-state index < -0.39 is 0 Å². The number of anilines is 1. The first-order valence-electron chi connectivity index (χ1n) is 11.1. The van der Waals surface area contributed by atoms with Gasteiger partial charge in [0.05, 0.1) is 5.69 Å². The van der Waals surface area contributed by atoms with Crippen molar-refractivity contribution in [3.05, 3.63) is 70.8 Å². The molecule has 3 aromatic rings. The van der Waals surface area contributed by atoms with E-state index in [0.29, 0.717) is 30.1 Å². The van der Waals surface area contributed by atoms with Crippen LogP contribution in [-0.2, 0) is 13.6 Å². The molecule has 30 heavy (non-hydrogen) atoms. The minimum Gasteiger partial charge on any atom is -0.378 e. The van der Waals surface area contributed by atoms with Crippen LogP contribution >= 0.6 is 0 Å². The highest BCUT2D eigenvalue weighted by Crippen LogP contribution is 2.34. The lowest BCUT2D eigenvalue weighted by atomic mass is 9.82. The molecule has 1 aliphatic carbocycles. The van der Waals surface area contributed by atoms with Gasteiger partial charge >= 0.3 is 0 Å². The molecule has 0 saturated heterocycles. The van der Waals surface area contributed by atoms with E-state index in [4.69, 9.17) is 0 Å². The number of pyridine rings is 1. The van der Waals surface area contributed by atoms with Gasteiger partial charge in [0.15, 0.2) is 0 Å². The van der Waals surface area contributed by atoms with Crippen molar-refractivity contribution in [1.82, 2.24) is 14.3 Å². The molecule has 5 nitrogen and oxygen atoms in total. The molecule has 0 aliphatic heterocycles. The van der Waals surface area contributed by atoms with E-state index in [1.807, 2.05) is 36.1 Å². The van der Waals surface area contributed by atoms with E-state index in [1.165, 1.54) is 5.56 Å². The number of benzene rings is 1. The Morgan fingerprint density at radius 1 is 1.10 bits per heavy atom. The van der Waals surface area contributed by atoms with Crippen LogP contribution in [0.15, 0.2) is 59.7 Å². The first-order chi connectivity index (χ1) is 14.5. The lowest BCUT2D eigenvalue weighted by Crippen LogP contribution is -2.31. The van der Waals surface area contributed by atoms with Crippen LogP contribution in [-0.4, -0.2) is 20.4 Å². The number of hydrogen-bond donors (Lipinski definition) is 1. The summed E-state index contributed by atoms with van der Waals surface area (Å²) in [6, 6.07) is 15.1. The van der Waals surface area contributed by atoms with Gasteiger partial charge in [0.25, 0.3) is 5.56 Å². The van der Waals surface area contributed by atoms with E-state index in [9.17, 15) is 4.79 Å². The van der Waals surface area contributed by atoms with Gasteiger partial charge in [-0.15, -0.1) is 0 Å². The van der Waals surface area contributed by atoms with Crippen LogP contribution in [0.3, 0.4) is 0 Å². The average molecular weight is 405 g/mol. The Bertz CT molecular complexity index is 1030. The molecule has 2 heterocycles. The topological polar surface area (TPSA) is 51.9 Å². The zero-order valence-electron chi connectivity index (χ0n) is 18.2. The molecular formula is C25H32N4O. The van der Waals surface area contributed by atoms with Gasteiger partial charge in [0.1, 0.15) is 5.69 Å². The summed E-state index contributed by atoms with van der Waals surface area (Å²) in [6.45, 7) is 4.98. The molecule has 0 spiro atoms. The van der Waals surface area contributed by atoms with Crippen molar-refractivity contribution in [3.8, 4) is 11.3 Å². The second-order valence-electron chi connectivity index (χ2n) is 8.97. The standard InChI is InChI=1S/C25H32N4O/c1-18(2)16-29-17-21(23-13-14-28(3)27-23)15-24(25(29)30)26-22-11-9-20(10-12-22)19-7-5-4-6-8-19/h4-8,13-15,17-18,20,22,26H,9-12,16H2,1-3H3. The van der Waals surface area contributed by atoms with E-state index >= 15 is 0 Å². The summed E-state index contributed by atoms with van der Waals surface area (Å²) in [7, 11) is 1.91. The molecule has 1 fully saturated rings. The Morgan fingerprint density at radius 2 is 1.83 bits per heavy atom. The second-order valence-corrected chi connectivity index (χ2v) is 8.97. The molecule has 4 rings (SSSR count). The number of aromatic nitrogens is 3. The molecule has 0 atom stereocenters. The van der Waals surface area contributed by atoms with Gasteiger partial charge in [-0.3, -0.25) is 9.48 Å². The molecule has 0 unspecified atom stereocenters. The highest BCUT2D eigenvalue weighted by atomic mass is 16.1. The first-order valence-corrected chi connectivity index (χ1v) is 11.1. The Balaban J connectivity index is 1.54. The molecule has 1 aliphatic rings. The third-order valence-corrected chi connectivity index (χ3v) is 6.02. The van der Waals surface area contributed by atoms with Crippen molar-refractivity contribution in [2.45, 2.75) is 58.0 Å². The van der Waals surface area contributed by atoms with Crippen LogP contribution in [0.25, 0.3) is 11.3 Å². The molecule has 0 radical (unpaired) electrons. The fraction of sp³-hybridized carbons (Fsp3) is 0.440. The van der Waals surface area contributed by atoms with Gasteiger partial charge in [-0.2, -0.15) is 5.10 Å². The van der Waals surface area contributed by atoms with Crippen LogP contribution in [0.1, 0.15) is 51.0 Å². The lowest BCUT2D eigenvalue weighted by Gasteiger charge is -2.30. The van der Waals surface area contributed by atoms with Gasteiger partial charge in [-0.25, -0.2) is 0 Å². The number of nitrogens with one attached hydrogen (secondary N) is 1. The van der Waals surface area contributed by atoms with Crippen molar-refractivity contribution in [3.63, 3.8) is 0 Å². The largest absolute Gasteiger partial charge is 0.378 e. The van der Waals surface area contributed by atoms with E-state index in [2.05, 4.69) is 54.6 Å². The third-order valence-electron chi connectivity index (χ3n) is 6.02. The van der Waals surface area contributed by atoms with Crippen LogP contribution in [0, 0.1) is 5.92 Å². The molecular weight excluding hydrogens is 372 g/mol. The van der Waals surface area contributed by atoms with Crippen LogP contribution in [0.5, 0.6) is 0 Å². The fourth-order valence-corrected chi connectivity index (χ4v) is 4.49. The number of rotatable bonds is 6. The molecule has 2 aromatic heterocycles. The minimum atomic E-state index is 0.0635. The third kappa shape index (κ3) is 4.66. The highest BCUT2D eigenvalue weighted by Gasteiger charge is 2.23. The predicted octanol–water partition coefficient (Wildman–Crippen LogP) is 5.04. The van der Waals surface area contributed by atoms with Crippen LogP contribution in [0.4, 0.5) is 5.69 Å². The van der Waals surface area contributed by atoms with Gasteiger partial charge in [0, 0.05) is 37.6 Å². The normalized spacial score (nSPS) is 19.2. The molecule has 1 N–H and O–H groups in total. The fourth-order valence-electron chi connectivity index (χ4n) is 4.49. The van der Waals surface area contributed by atoms with Crippen molar-refractivity contribution in [1.29, 1.82) is 0 Å². The maximum absolute atomic E-state index is 13.1. The van der Waals surface area contributed by atoms with Crippen molar-refractivity contribution in [2.24, 2.45) is 13.0 Å². The predicted molar refractivity (Wildman–Crippen MR) is 123 cm³/mol. The van der Waals surface area contributed by atoms with Crippen LogP contribution in [0.2, 0.25) is 0 Å². The summed E-state index contributed by atoms with van der Waals surface area (Å²) in [6.07, 6.45) is 8.35. The smallest absolute Gasteiger partial charge is 0.273 e. The number of nitrogens with zero attached hydrogens (tertiary/aromatic N) is 3. The SMILES string of the molecule is CC(C)Cn1cc(-c2ccn(C)n2)cc(NC2CCC(c3ccccc3)CC2)c1=O. The Kier molecular flexibility index (Phi) is 6.07. The van der Waals surface area contributed by atoms with Crippen molar-refractivity contribution in [2.75, 3.05) is 5.32 Å². The quantitative estimate of drug-likeness (QED) is 0.626. The summed E-state index contributed by atoms with van der Waals surface area (Å²) in [4.78, 5) is 13.1. The second kappa shape index (κ2) is 8.90. The van der Waals surface area contributed by atoms with Crippen molar-refractivity contribution >= 4 is 5.69 Å². The molecule has 0 amide bonds. The van der Waals surface area contributed by atoms with Gasteiger partial charge in [0.2, 0.25) is 0 Å². The van der Waals surface area contributed by atoms with Crippen LogP contribution < -0.4 is 10.9 Å². The first kappa shape index (κ1) is 20.5. The molecule has 1 aromatic carbocycles. The number of aryl methyl sites for hydroxylation is 1. The van der Waals surface area contributed by atoms with E-state index in [1.54, 1.807) is 4.68 Å². The summed E-state index contributed by atoms with van der Waals surface area (Å²) in [5.74, 6) is 1.03. The Morgan fingerprint density at radius 3 is 2.47 bits per heavy atom. The minimum absolute atomic E-state index is 0.0635. The Labute approximate surface area is 178 Å². The molecule has 5 heteroatoms. The summed E-state index contributed by atoms with van der Waals surface area (Å²) in [5, 5.41) is 8.12. The summed E-state index contributed by atoms with van der Waals surface area (Å²) >= 11 is 0. The maximum Gasteiger partial charge on any atom is 0.273 e. The summed E-state index contributed by atoms with van der Waals surface area (Å²) in [5.41, 5.74) is 4.07.